The number of benzene rings is 1. The normalized spacial score (nSPS) is 17.6. The smallest absolute Gasteiger partial charge is 0.207 e. The van der Waals surface area contributed by atoms with Gasteiger partial charge in [0, 0.05) is 13.1 Å². The van der Waals surface area contributed by atoms with Crippen LogP contribution in [0.2, 0.25) is 0 Å². The molecule has 1 aliphatic carbocycles. The van der Waals surface area contributed by atoms with Crippen molar-refractivity contribution in [3.63, 3.8) is 0 Å². The Labute approximate surface area is 121 Å². The summed E-state index contributed by atoms with van der Waals surface area (Å²) in [5.41, 5.74) is 0.473. The fourth-order valence-electron chi connectivity index (χ4n) is 2.69. The predicted molar refractivity (Wildman–Crippen MR) is 77.6 cm³/mol. The van der Waals surface area contributed by atoms with Gasteiger partial charge in [0.05, 0.1) is 16.5 Å². The molecule has 0 aliphatic heterocycles. The maximum Gasteiger partial charge on any atom is 0.243 e. The molecule has 0 saturated heterocycles. The molecule has 0 N–H and O–H groups in total. The van der Waals surface area contributed by atoms with E-state index >= 15 is 0 Å². The molecule has 1 aromatic rings. The Hall–Kier alpha value is -1.38. The summed E-state index contributed by atoms with van der Waals surface area (Å²) in [6.45, 7) is 0. The second-order valence-electron chi connectivity index (χ2n) is 5.30. The van der Waals surface area contributed by atoms with Gasteiger partial charge in [0.1, 0.15) is 0 Å². The van der Waals surface area contributed by atoms with Gasteiger partial charge in [-0.05, 0) is 37.1 Å². The minimum absolute atomic E-state index is 0.0955. The van der Waals surface area contributed by atoms with Crippen molar-refractivity contribution >= 4 is 10.0 Å². The SMILES string of the molecule is CN(C1CCCCCC1)S(=O)(=O)c1ccc(C#N)cc1. The van der Waals surface area contributed by atoms with Crippen molar-refractivity contribution < 1.29 is 8.42 Å². The van der Waals surface area contributed by atoms with Crippen molar-refractivity contribution in [2.24, 2.45) is 0 Å². The quantitative estimate of drug-likeness (QED) is 0.805. The van der Waals surface area contributed by atoms with E-state index in [9.17, 15) is 8.42 Å². The molecule has 0 bridgehead atoms. The zero-order valence-electron chi connectivity index (χ0n) is 11.7. The minimum Gasteiger partial charge on any atom is -0.207 e. The summed E-state index contributed by atoms with van der Waals surface area (Å²) >= 11 is 0. The molecule has 108 valence electrons. The van der Waals surface area contributed by atoms with E-state index < -0.39 is 10.0 Å². The molecule has 0 heterocycles. The van der Waals surface area contributed by atoms with Crippen molar-refractivity contribution in [2.45, 2.75) is 49.5 Å². The fourth-order valence-corrected chi connectivity index (χ4v) is 4.10. The maximum atomic E-state index is 12.6. The summed E-state index contributed by atoms with van der Waals surface area (Å²) in [7, 11) is -1.79. The summed E-state index contributed by atoms with van der Waals surface area (Å²) in [6, 6.07) is 8.22. The molecule has 0 spiro atoms. The summed E-state index contributed by atoms with van der Waals surface area (Å²) in [6.07, 6.45) is 6.45. The number of hydrogen-bond acceptors (Lipinski definition) is 3. The zero-order valence-corrected chi connectivity index (χ0v) is 12.6. The topological polar surface area (TPSA) is 61.2 Å². The molecule has 0 aromatic heterocycles. The Morgan fingerprint density at radius 1 is 1.10 bits per heavy atom. The summed E-state index contributed by atoms with van der Waals surface area (Å²) in [5.74, 6) is 0. The predicted octanol–water partition coefficient (Wildman–Crippen LogP) is 2.90. The lowest BCUT2D eigenvalue weighted by molar-refractivity contribution is 0.335. The van der Waals surface area contributed by atoms with Crippen LogP contribution in [0.1, 0.15) is 44.1 Å². The standard InChI is InChI=1S/C15H20N2O2S/c1-17(14-6-4-2-3-5-7-14)20(18,19)15-10-8-13(12-16)9-11-15/h8-11,14H,2-7H2,1H3. The lowest BCUT2D eigenvalue weighted by Gasteiger charge is -2.26. The van der Waals surface area contributed by atoms with Gasteiger partial charge < -0.3 is 0 Å². The summed E-state index contributed by atoms with van der Waals surface area (Å²) in [5, 5.41) is 8.77. The van der Waals surface area contributed by atoms with Crippen LogP contribution in [0.5, 0.6) is 0 Å². The number of nitrogens with zero attached hydrogens (tertiary/aromatic N) is 2. The Morgan fingerprint density at radius 3 is 2.15 bits per heavy atom. The van der Waals surface area contributed by atoms with Crippen molar-refractivity contribution in [1.82, 2.24) is 4.31 Å². The van der Waals surface area contributed by atoms with Gasteiger partial charge in [-0.1, -0.05) is 25.7 Å². The first-order valence-corrected chi connectivity index (χ1v) is 8.48. The van der Waals surface area contributed by atoms with Crippen molar-refractivity contribution in [3.05, 3.63) is 29.8 Å². The van der Waals surface area contributed by atoms with Crippen LogP contribution in [-0.4, -0.2) is 25.8 Å². The number of rotatable bonds is 3. The van der Waals surface area contributed by atoms with Crippen LogP contribution in [0.3, 0.4) is 0 Å². The van der Waals surface area contributed by atoms with Crippen LogP contribution in [0.25, 0.3) is 0 Å². The maximum absolute atomic E-state index is 12.6. The molecular formula is C15H20N2O2S. The van der Waals surface area contributed by atoms with Gasteiger partial charge in [0.25, 0.3) is 0 Å². The van der Waals surface area contributed by atoms with E-state index in [2.05, 4.69) is 0 Å². The van der Waals surface area contributed by atoms with Crippen LogP contribution < -0.4 is 0 Å². The number of sulfonamides is 1. The second kappa shape index (κ2) is 6.38. The van der Waals surface area contributed by atoms with Crippen LogP contribution >= 0.6 is 0 Å². The molecule has 1 aromatic carbocycles. The third-order valence-electron chi connectivity index (χ3n) is 4.00. The molecule has 4 nitrogen and oxygen atoms in total. The first-order valence-electron chi connectivity index (χ1n) is 7.04. The number of hydrogen-bond donors (Lipinski definition) is 0. The highest BCUT2D eigenvalue weighted by molar-refractivity contribution is 7.89. The second-order valence-corrected chi connectivity index (χ2v) is 7.30. The average molecular weight is 292 g/mol. The van der Waals surface area contributed by atoms with Crippen LogP contribution in [0.4, 0.5) is 0 Å². The van der Waals surface area contributed by atoms with E-state index in [1.54, 1.807) is 19.2 Å². The van der Waals surface area contributed by atoms with Gasteiger partial charge in [0.2, 0.25) is 10.0 Å². The van der Waals surface area contributed by atoms with Crippen LogP contribution in [-0.2, 0) is 10.0 Å². The molecule has 20 heavy (non-hydrogen) atoms. The first-order chi connectivity index (χ1) is 9.55. The van der Waals surface area contributed by atoms with E-state index in [1.807, 2.05) is 6.07 Å². The minimum atomic E-state index is -3.46. The van der Waals surface area contributed by atoms with E-state index in [0.717, 1.165) is 25.7 Å². The van der Waals surface area contributed by atoms with E-state index in [4.69, 9.17) is 5.26 Å². The summed E-state index contributed by atoms with van der Waals surface area (Å²) in [4.78, 5) is 0.267. The van der Waals surface area contributed by atoms with Gasteiger partial charge >= 0.3 is 0 Å². The van der Waals surface area contributed by atoms with Gasteiger partial charge in [-0.15, -0.1) is 0 Å². The molecule has 0 radical (unpaired) electrons. The summed E-state index contributed by atoms with van der Waals surface area (Å²) < 4.78 is 26.7. The Morgan fingerprint density at radius 2 is 1.65 bits per heavy atom. The Kier molecular flexibility index (Phi) is 4.79. The Balaban J connectivity index is 2.21. The third kappa shape index (κ3) is 3.20. The average Bonchev–Trinajstić information content (AvgIpc) is 2.75. The van der Waals surface area contributed by atoms with E-state index in [1.165, 1.54) is 29.3 Å². The van der Waals surface area contributed by atoms with Crippen LogP contribution in [0.15, 0.2) is 29.2 Å². The number of nitriles is 1. The third-order valence-corrected chi connectivity index (χ3v) is 5.92. The molecule has 0 atom stereocenters. The molecule has 1 fully saturated rings. The molecule has 0 unspecified atom stereocenters. The fraction of sp³-hybridized carbons (Fsp3) is 0.533. The van der Waals surface area contributed by atoms with Crippen molar-refractivity contribution in [2.75, 3.05) is 7.05 Å². The van der Waals surface area contributed by atoms with Gasteiger partial charge in [-0.2, -0.15) is 9.57 Å². The lowest BCUT2D eigenvalue weighted by atomic mass is 10.1. The lowest BCUT2D eigenvalue weighted by Crippen LogP contribution is -2.36. The van der Waals surface area contributed by atoms with E-state index in [0.29, 0.717) is 5.56 Å². The van der Waals surface area contributed by atoms with Crippen molar-refractivity contribution in [1.29, 1.82) is 5.26 Å². The molecule has 5 heteroatoms. The van der Waals surface area contributed by atoms with Crippen molar-refractivity contribution in [3.8, 4) is 6.07 Å². The highest BCUT2D eigenvalue weighted by Gasteiger charge is 2.28. The molecular weight excluding hydrogens is 272 g/mol. The monoisotopic (exact) mass is 292 g/mol. The molecule has 0 amide bonds. The first kappa shape index (κ1) is 15.0. The van der Waals surface area contributed by atoms with Gasteiger partial charge in [-0.3, -0.25) is 0 Å². The highest BCUT2D eigenvalue weighted by atomic mass is 32.2. The molecule has 1 aliphatic rings. The molecule has 2 rings (SSSR count). The largest absolute Gasteiger partial charge is 0.243 e. The van der Waals surface area contributed by atoms with Gasteiger partial charge in [-0.25, -0.2) is 8.42 Å². The zero-order chi connectivity index (χ0) is 14.6. The molecule has 1 saturated carbocycles. The van der Waals surface area contributed by atoms with Gasteiger partial charge in [0.15, 0.2) is 0 Å². The Bertz CT molecular complexity index is 579. The highest BCUT2D eigenvalue weighted by Crippen LogP contribution is 2.25. The van der Waals surface area contributed by atoms with E-state index in [-0.39, 0.29) is 10.9 Å². The van der Waals surface area contributed by atoms with Crippen LogP contribution in [0, 0.1) is 11.3 Å².